The third-order valence-electron chi connectivity index (χ3n) is 8.81. The first kappa shape index (κ1) is 31.6. The molecule has 6 atom stereocenters. The highest BCUT2D eigenvalue weighted by Gasteiger charge is 2.78. The zero-order chi connectivity index (χ0) is 29.9. The summed E-state index contributed by atoms with van der Waals surface area (Å²) in [6.07, 6.45) is 7.83. The van der Waals surface area contributed by atoms with Gasteiger partial charge in [0, 0.05) is 22.0 Å². The topological polar surface area (TPSA) is 87.1 Å². The SMILES string of the molecule is C=CCCCCOC(=O)[C@@H]1[C@H]2C(=O)N([C@@H](CO)CC(C)C)C(C(=O)N(CC=C)c3ccc(Cl)cc3)C23CC[C@@]1(C)S3. The van der Waals surface area contributed by atoms with E-state index in [0.29, 0.717) is 36.6 Å². The van der Waals surface area contributed by atoms with Crippen molar-refractivity contribution in [2.24, 2.45) is 17.8 Å². The molecule has 0 aliphatic carbocycles. The summed E-state index contributed by atoms with van der Waals surface area (Å²) in [5.74, 6) is -2.00. The van der Waals surface area contributed by atoms with Crippen LogP contribution in [0.25, 0.3) is 0 Å². The maximum absolute atomic E-state index is 14.7. The first-order chi connectivity index (χ1) is 19.5. The third kappa shape index (κ3) is 5.84. The molecule has 3 fully saturated rings. The highest BCUT2D eigenvalue weighted by atomic mass is 35.5. The molecule has 4 rings (SSSR count). The normalized spacial score (nSPS) is 29.0. The second-order valence-corrected chi connectivity index (χ2v) is 14.4. The van der Waals surface area contributed by atoms with Gasteiger partial charge in [0.2, 0.25) is 5.91 Å². The van der Waals surface area contributed by atoms with Crippen molar-refractivity contribution >= 4 is 46.8 Å². The van der Waals surface area contributed by atoms with Gasteiger partial charge in [0.25, 0.3) is 5.91 Å². The molecule has 1 N–H and O–H groups in total. The van der Waals surface area contributed by atoms with Gasteiger partial charge in [0.05, 0.1) is 35.8 Å². The number of likely N-dealkylation sites (tertiary alicyclic amines) is 1. The van der Waals surface area contributed by atoms with E-state index in [9.17, 15) is 19.5 Å². The summed E-state index contributed by atoms with van der Waals surface area (Å²) in [6.45, 7) is 14.0. The zero-order valence-electron chi connectivity index (χ0n) is 24.4. The molecule has 3 aliphatic heterocycles. The lowest BCUT2D eigenvalue weighted by atomic mass is 9.66. The Morgan fingerprint density at radius 1 is 1.22 bits per heavy atom. The fourth-order valence-corrected chi connectivity index (χ4v) is 9.54. The fraction of sp³-hybridized carbons (Fsp3) is 0.594. The number of benzene rings is 1. The van der Waals surface area contributed by atoms with E-state index >= 15 is 0 Å². The first-order valence-electron chi connectivity index (χ1n) is 14.6. The van der Waals surface area contributed by atoms with Crippen LogP contribution in [0.3, 0.4) is 0 Å². The van der Waals surface area contributed by atoms with Gasteiger partial charge < -0.3 is 19.6 Å². The number of hydrogen-bond acceptors (Lipinski definition) is 6. The molecule has 224 valence electrons. The van der Waals surface area contributed by atoms with Crippen LogP contribution < -0.4 is 4.90 Å². The monoisotopic (exact) mass is 602 g/mol. The Kier molecular flexibility index (Phi) is 9.97. The number of allylic oxidation sites excluding steroid dienone is 1. The highest BCUT2D eigenvalue weighted by molar-refractivity contribution is 8.02. The van der Waals surface area contributed by atoms with Gasteiger partial charge in [0.15, 0.2) is 0 Å². The van der Waals surface area contributed by atoms with Crippen LogP contribution in [0.1, 0.15) is 59.3 Å². The molecule has 2 bridgehead atoms. The molecule has 1 spiro atoms. The van der Waals surface area contributed by atoms with Gasteiger partial charge in [-0.2, -0.15) is 0 Å². The molecule has 3 heterocycles. The van der Waals surface area contributed by atoms with Gasteiger partial charge in [-0.05, 0) is 75.6 Å². The van der Waals surface area contributed by atoms with E-state index in [1.165, 1.54) is 0 Å². The first-order valence-corrected chi connectivity index (χ1v) is 15.8. The molecule has 0 saturated carbocycles. The number of carbonyl (C=O) groups excluding carboxylic acids is 3. The number of nitrogens with zero attached hydrogens (tertiary/aromatic N) is 2. The molecule has 9 heteroatoms. The second-order valence-electron chi connectivity index (χ2n) is 12.1. The molecule has 3 saturated heterocycles. The number of halogens is 1. The Labute approximate surface area is 253 Å². The summed E-state index contributed by atoms with van der Waals surface area (Å²) < 4.78 is 4.45. The molecule has 0 aromatic heterocycles. The summed E-state index contributed by atoms with van der Waals surface area (Å²) in [4.78, 5) is 46.1. The lowest BCUT2D eigenvalue weighted by Crippen LogP contribution is -2.57. The van der Waals surface area contributed by atoms with Crippen molar-refractivity contribution in [2.45, 2.75) is 80.9 Å². The van der Waals surface area contributed by atoms with Crippen molar-refractivity contribution in [3.63, 3.8) is 0 Å². The maximum Gasteiger partial charge on any atom is 0.311 e. The number of aliphatic hydroxyl groups excluding tert-OH is 1. The van der Waals surface area contributed by atoms with E-state index in [0.717, 1.165) is 19.3 Å². The summed E-state index contributed by atoms with van der Waals surface area (Å²) in [5, 5.41) is 11.1. The van der Waals surface area contributed by atoms with E-state index in [-0.39, 0.29) is 36.9 Å². The molecule has 1 aromatic rings. The van der Waals surface area contributed by atoms with Crippen LogP contribution in [0.5, 0.6) is 0 Å². The minimum absolute atomic E-state index is 0.187. The van der Waals surface area contributed by atoms with Gasteiger partial charge >= 0.3 is 5.97 Å². The number of ether oxygens (including phenoxy) is 1. The van der Waals surface area contributed by atoms with Crippen LogP contribution in [-0.4, -0.2) is 69.1 Å². The van der Waals surface area contributed by atoms with Gasteiger partial charge in [-0.15, -0.1) is 24.9 Å². The largest absolute Gasteiger partial charge is 0.465 e. The number of fused-ring (bicyclic) bond motifs is 1. The molecule has 2 amide bonds. The predicted octanol–water partition coefficient (Wildman–Crippen LogP) is 5.65. The Morgan fingerprint density at radius 3 is 2.54 bits per heavy atom. The molecular weight excluding hydrogens is 560 g/mol. The Morgan fingerprint density at radius 2 is 1.93 bits per heavy atom. The fourth-order valence-electron chi connectivity index (χ4n) is 7.09. The number of esters is 1. The Hall–Kier alpha value is -2.29. The number of rotatable bonds is 14. The molecule has 0 radical (unpaired) electrons. The van der Waals surface area contributed by atoms with Crippen molar-refractivity contribution in [3.8, 4) is 0 Å². The van der Waals surface area contributed by atoms with Crippen LogP contribution in [0.2, 0.25) is 5.02 Å². The number of aliphatic hydroxyl groups is 1. The smallest absolute Gasteiger partial charge is 0.311 e. The highest BCUT2D eigenvalue weighted by Crippen LogP contribution is 2.72. The second kappa shape index (κ2) is 12.9. The lowest BCUT2D eigenvalue weighted by molar-refractivity contribution is -0.156. The zero-order valence-corrected chi connectivity index (χ0v) is 26.0. The van der Waals surface area contributed by atoms with Crippen molar-refractivity contribution in [3.05, 3.63) is 54.6 Å². The summed E-state index contributed by atoms with van der Waals surface area (Å²) in [7, 11) is 0. The van der Waals surface area contributed by atoms with Crippen molar-refractivity contribution in [2.75, 3.05) is 24.7 Å². The van der Waals surface area contributed by atoms with E-state index in [2.05, 4.69) is 13.2 Å². The Balaban J connectivity index is 1.75. The lowest BCUT2D eigenvalue weighted by Gasteiger charge is -2.40. The van der Waals surface area contributed by atoms with E-state index in [1.807, 2.05) is 26.8 Å². The van der Waals surface area contributed by atoms with E-state index in [4.69, 9.17) is 16.3 Å². The number of amides is 2. The number of anilines is 1. The van der Waals surface area contributed by atoms with Crippen LogP contribution in [0.4, 0.5) is 5.69 Å². The molecule has 3 aliphatic rings. The molecule has 41 heavy (non-hydrogen) atoms. The minimum atomic E-state index is -0.844. The number of carbonyl (C=O) groups is 3. The number of hydrogen-bond donors (Lipinski definition) is 1. The number of thioether (sulfide) groups is 1. The molecule has 1 aromatic carbocycles. The van der Waals surface area contributed by atoms with Crippen molar-refractivity contribution in [1.82, 2.24) is 4.90 Å². The quantitative estimate of drug-likeness (QED) is 0.168. The summed E-state index contributed by atoms with van der Waals surface area (Å²) in [5.41, 5.74) is 0.648. The Bertz CT molecular complexity index is 1160. The average Bonchev–Trinajstić information content (AvgIpc) is 3.51. The predicted molar refractivity (Wildman–Crippen MR) is 165 cm³/mol. The van der Waals surface area contributed by atoms with E-state index in [1.54, 1.807) is 51.9 Å². The van der Waals surface area contributed by atoms with Crippen LogP contribution in [-0.2, 0) is 19.1 Å². The minimum Gasteiger partial charge on any atom is -0.465 e. The van der Waals surface area contributed by atoms with Crippen LogP contribution >= 0.6 is 23.4 Å². The van der Waals surface area contributed by atoms with Gasteiger partial charge in [-0.1, -0.05) is 37.6 Å². The summed E-state index contributed by atoms with van der Waals surface area (Å²) >= 11 is 7.75. The van der Waals surface area contributed by atoms with Crippen molar-refractivity contribution in [1.29, 1.82) is 0 Å². The van der Waals surface area contributed by atoms with Gasteiger partial charge in [0.1, 0.15) is 6.04 Å². The summed E-state index contributed by atoms with van der Waals surface area (Å²) in [6, 6.07) is 5.63. The van der Waals surface area contributed by atoms with Gasteiger partial charge in [-0.3, -0.25) is 14.4 Å². The van der Waals surface area contributed by atoms with Crippen LogP contribution in [0, 0.1) is 17.8 Å². The number of unbranched alkanes of at least 4 members (excludes halogenated alkanes) is 2. The standard InChI is InChI=1S/C32H43ClN2O5S/c1-6-8-9-10-18-40-30(39)26-25-28(37)35(24(20-36)19-21(3)4)27(32(25)16-15-31(26,5)41-32)29(38)34(17-7-2)23-13-11-22(33)12-14-23/h6-7,11-14,21,24-27,36H,1-2,8-10,15-20H2,3-5H3/t24-,25+,26+,27?,31-,32?/m1/s1. The molecule has 7 nitrogen and oxygen atoms in total. The van der Waals surface area contributed by atoms with E-state index < -0.39 is 33.4 Å². The van der Waals surface area contributed by atoms with Crippen LogP contribution in [0.15, 0.2) is 49.6 Å². The third-order valence-corrected chi connectivity index (χ3v) is 11.1. The van der Waals surface area contributed by atoms with Crippen molar-refractivity contribution < 1.29 is 24.2 Å². The molecule has 2 unspecified atom stereocenters. The maximum atomic E-state index is 14.7. The molecular formula is C32H43ClN2O5S. The van der Waals surface area contributed by atoms with Gasteiger partial charge in [-0.25, -0.2) is 0 Å². The average molecular weight is 603 g/mol.